The maximum Gasteiger partial charge on any atom is 0.227 e. The van der Waals surface area contributed by atoms with Crippen LogP contribution >= 0.6 is 11.8 Å². The number of aromatic nitrogens is 4. The molecular weight excluding hydrogens is 232 g/mol. The second-order valence-electron chi connectivity index (χ2n) is 2.87. The topological polar surface area (TPSA) is 127 Å². The Morgan fingerprint density at radius 2 is 2.31 bits per heavy atom. The average Bonchev–Trinajstić information content (AvgIpc) is 2.74. The standard InChI is InChI=1S/C7H12N6O2S/c8-5(14)4-16-2-1-7(15)9-3-6-10-12-13-11-6/h1-4H2,(H2,8,14)(H,9,15)(H,10,11,12,13). The van der Waals surface area contributed by atoms with Gasteiger partial charge in [0.15, 0.2) is 5.82 Å². The second kappa shape index (κ2) is 6.77. The van der Waals surface area contributed by atoms with Crippen LogP contribution < -0.4 is 11.1 Å². The van der Waals surface area contributed by atoms with E-state index < -0.39 is 0 Å². The minimum atomic E-state index is -0.378. The first kappa shape index (κ1) is 12.4. The number of nitrogens with zero attached hydrogens (tertiary/aromatic N) is 3. The van der Waals surface area contributed by atoms with Crippen LogP contribution in [-0.2, 0) is 16.1 Å². The number of amides is 2. The van der Waals surface area contributed by atoms with Crippen LogP contribution in [0.4, 0.5) is 0 Å². The highest BCUT2D eigenvalue weighted by Crippen LogP contribution is 2.01. The number of hydrogen-bond acceptors (Lipinski definition) is 6. The van der Waals surface area contributed by atoms with E-state index in [1.54, 1.807) is 0 Å². The first-order valence-corrected chi connectivity index (χ1v) is 5.69. The molecule has 0 bridgehead atoms. The van der Waals surface area contributed by atoms with E-state index in [0.717, 1.165) is 0 Å². The van der Waals surface area contributed by atoms with E-state index in [2.05, 4.69) is 25.9 Å². The van der Waals surface area contributed by atoms with Crippen molar-refractivity contribution in [3.05, 3.63) is 5.82 Å². The van der Waals surface area contributed by atoms with Crippen molar-refractivity contribution in [2.45, 2.75) is 13.0 Å². The molecule has 0 atom stereocenters. The molecule has 0 fully saturated rings. The predicted molar refractivity (Wildman–Crippen MR) is 57.2 cm³/mol. The van der Waals surface area contributed by atoms with Gasteiger partial charge in [0.1, 0.15) is 0 Å². The molecule has 0 saturated carbocycles. The van der Waals surface area contributed by atoms with Crippen LogP contribution in [0.15, 0.2) is 0 Å². The number of primary amides is 1. The van der Waals surface area contributed by atoms with Gasteiger partial charge in [-0.15, -0.1) is 10.2 Å². The molecule has 0 unspecified atom stereocenters. The van der Waals surface area contributed by atoms with Crippen molar-refractivity contribution in [2.24, 2.45) is 5.73 Å². The van der Waals surface area contributed by atoms with Crippen molar-refractivity contribution in [1.29, 1.82) is 0 Å². The highest BCUT2D eigenvalue weighted by Gasteiger charge is 2.04. The summed E-state index contributed by atoms with van der Waals surface area (Å²) in [6, 6.07) is 0. The number of nitrogens with one attached hydrogen (secondary N) is 2. The van der Waals surface area contributed by atoms with E-state index >= 15 is 0 Å². The van der Waals surface area contributed by atoms with Crippen molar-refractivity contribution in [2.75, 3.05) is 11.5 Å². The molecule has 9 heteroatoms. The van der Waals surface area contributed by atoms with Gasteiger partial charge in [-0.1, -0.05) is 5.21 Å². The number of carbonyl (C=O) groups excluding carboxylic acids is 2. The Balaban J connectivity index is 2.05. The molecule has 0 aromatic carbocycles. The summed E-state index contributed by atoms with van der Waals surface area (Å²) in [4.78, 5) is 21.7. The zero-order chi connectivity index (χ0) is 11.8. The van der Waals surface area contributed by atoms with Gasteiger partial charge in [-0.05, 0) is 0 Å². The SMILES string of the molecule is NC(=O)CSCCC(=O)NCc1nn[nH]n1. The average molecular weight is 244 g/mol. The Morgan fingerprint density at radius 1 is 1.50 bits per heavy atom. The van der Waals surface area contributed by atoms with Crippen molar-refractivity contribution < 1.29 is 9.59 Å². The van der Waals surface area contributed by atoms with Crippen LogP contribution in [0.3, 0.4) is 0 Å². The second-order valence-corrected chi connectivity index (χ2v) is 3.98. The zero-order valence-electron chi connectivity index (χ0n) is 8.47. The molecule has 0 aliphatic rings. The molecule has 4 N–H and O–H groups in total. The quantitative estimate of drug-likeness (QED) is 0.497. The Hall–Kier alpha value is -1.64. The largest absolute Gasteiger partial charge is 0.369 e. The third-order valence-electron chi connectivity index (χ3n) is 1.55. The number of tetrazole rings is 1. The fourth-order valence-corrected chi connectivity index (χ4v) is 1.54. The highest BCUT2D eigenvalue weighted by atomic mass is 32.2. The predicted octanol–water partition coefficient (Wildman–Crippen LogP) is -1.58. The van der Waals surface area contributed by atoms with Crippen LogP contribution in [0.25, 0.3) is 0 Å². The van der Waals surface area contributed by atoms with Crippen LogP contribution in [0, 0.1) is 0 Å². The lowest BCUT2D eigenvalue weighted by atomic mass is 10.4. The van der Waals surface area contributed by atoms with Gasteiger partial charge in [0, 0.05) is 12.2 Å². The molecule has 0 aliphatic heterocycles. The van der Waals surface area contributed by atoms with E-state index in [0.29, 0.717) is 18.0 Å². The lowest BCUT2D eigenvalue weighted by Gasteiger charge is -2.01. The minimum absolute atomic E-state index is 0.123. The summed E-state index contributed by atoms with van der Waals surface area (Å²) in [6.07, 6.45) is 0.329. The number of thioether (sulfide) groups is 1. The van der Waals surface area contributed by atoms with E-state index in [1.807, 2.05) is 0 Å². The summed E-state index contributed by atoms with van der Waals surface area (Å²) in [5, 5.41) is 15.6. The Labute approximate surface area is 95.7 Å². The van der Waals surface area contributed by atoms with E-state index in [4.69, 9.17) is 5.73 Å². The number of aromatic amines is 1. The van der Waals surface area contributed by atoms with Gasteiger partial charge in [0.25, 0.3) is 0 Å². The number of carbonyl (C=O) groups is 2. The molecule has 1 aromatic rings. The molecule has 16 heavy (non-hydrogen) atoms. The number of H-pyrrole nitrogens is 1. The molecular formula is C7H12N6O2S. The maximum atomic E-state index is 11.3. The first-order chi connectivity index (χ1) is 7.68. The van der Waals surface area contributed by atoms with Gasteiger partial charge in [-0.3, -0.25) is 9.59 Å². The summed E-state index contributed by atoms with van der Waals surface area (Å²) in [5.41, 5.74) is 4.94. The lowest BCUT2D eigenvalue weighted by molar-refractivity contribution is -0.121. The monoisotopic (exact) mass is 244 g/mol. The molecule has 0 saturated heterocycles. The molecule has 1 heterocycles. The smallest absolute Gasteiger partial charge is 0.227 e. The van der Waals surface area contributed by atoms with E-state index in [1.165, 1.54) is 11.8 Å². The van der Waals surface area contributed by atoms with Crippen LogP contribution in [0.2, 0.25) is 0 Å². The third kappa shape index (κ3) is 5.29. The maximum absolute atomic E-state index is 11.3. The van der Waals surface area contributed by atoms with Gasteiger partial charge >= 0.3 is 0 Å². The normalized spacial score (nSPS) is 10.0. The Kier molecular flexibility index (Phi) is 5.26. The fraction of sp³-hybridized carbons (Fsp3) is 0.571. The highest BCUT2D eigenvalue weighted by molar-refractivity contribution is 7.99. The van der Waals surface area contributed by atoms with Crippen molar-refractivity contribution in [3.63, 3.8) is 0 Å². The third-order valence-corrected chi connectivity index (χ3v) is 2.53. The molecule has 8 nitrogen and oxygen atoms in total. The number of hydrogen-bond donors (Lipinski definition) is 3. The molecule has 1 rings (SSSR count). The van der Waals surface area contributed by atoms with Gasteiger partial charge in [0.2, 0.25) is 11.8 Å². The lowest BCUT2D eigenvalue weighted by Crippen LogP contribution is -2.24. The minimum Gasteiger partial charge on any atom is -0.369 e. The molecule has 2 amide bonds. The summed E-state index contributed by atoms with van der Waals surface area (Å²) < 4.78 is 0. The van der Waals surface area contributed by atoms with Crippen molar-refractivity contribution in [3.8, 4) is 0 Å². The number of nitrogens with two attached hydrogens (primary N) is 1. The summed E-state index contributed by atoms with van der Waals surface area (Å²) >= 11 is 1.33. The van der Waals surface area contributed by atoms with Crippen molar-refractivity contribution >= 4 is 23.6 Å². The molecule has 0 radical (unpaired) electrons. The van der Waals surface area contributed by atoms with Crippen LogP contribution in [0.1, 0.15) is 12.2 Å². The number of rotatable bonds is 7. The van der Waals surface area contributed by atoms with Gasteiger partial charge in [-0.2, -0.15) is 17.0 Å². The van der Waals surface area contributed by atoms with Crippen molar-refractivity contribution in [1.82, 2.24) is 25.9 Å². The van der Waals surface area contributed by atoms with Gasteiger partial charge < -0.3 is 11.1 Å². The first-order valence-electron chi connectivity index (χ1n) is 4.53. The summed E-state index contributed by atoms with van der Waals surface area (Å²) in [5.74, 6) is 0.719. The van der Waals surface area contributed by atoms with Gasteiger partial charge in [-0.25, -0.2) is 0 Å². The van der Waals surface area contributed by atoms with E-state index in [9.17, 15) is 9.59 Å². The molecule has 0 spiro atoms. The Morgan fingerprint density at radius 3 is 2.94 bits per heavy atom. The van der Waals surface area contributed by atoms with Crippen LogP contribution in [0.5, 0.6) is 0 Å². The van der Waals surface area contributed by atoms with Crippen LogP contribution in [-0.4, -0.2) is 43.9 Å². The molecule has 88 valence electrons. The summed E-state index contributed by atoms with van der Waals surface area (Å²) in [6.45, 7) is 0.246. The fourth-order valence-electron chi connectivity index (χ4n) is 0.861. The van der Waals surface area contributed by atoms with Gasteiger partial charge in [0.05, 0.1) is 12.3 Å². The Bertz CT molecular complexity index is 341. The zero-order valence-corrected chi connectivity index (χ0v) is 9.29. The van der Waals surface area contributed by atoms with E-state index in [-0.39, 0.29) is 24.1 Å². The molecule has 0 aliphatic carbocycles. The molecule has 1 aromatic heterocycles. The summed E-state index contributed by atoms with van der Waals surface area (Å²) in [7, 11) is 0.